The molecule has 2 amide bonds. The predicted octanol–water partition coefficient (Wildman–Crippen LogP) is 2.98. The molecule has 1 saturated heterocycles. The van der Waals surface area contributed by atoms with Crippen LogP contribution < -0.4 is 5.32 Å². The quantitative estimate of drug-likeness (QED) is 0.803. The number of benzene rings is 1. The molecule has 1 aliphatic carbocycles. The van der Waals surface area contributed by atoms with Crippen molar-refractivity contribution in [1.82, 2.24) is 10.2 Å². The predicted molar refractivity (Wildman–Crippen MR) is 105 cm³/mol. The van der Waals surface area contributed by atoms with Crippen LogP contribution in [0.15, 0.2) is 36.0 Å². The van der Waals surface area contributed by atoms with Crippen molar-refractivity contribution < 1.29 is 14.3 Å². The highest BCUT2D eigenvalue weighted by molar-refractivity contribution is 5.81. The van der Waals surface area contributed by atoms with E-state index in [0.717, 1.165) is 42.5 Å². The molecule has 0 aromatic heterocycles. The van der Waals surface area contributed by atoms with E-state index < -0.39 is 0 Å². The first kappa shape index (κ1) is 19.6. The molecule has 0 radical (unpaired) electrons. The number of hydrogen-bond acceptors (Lipinski definition) is 3. The van der Waals surface area contributed by atoms with Crippen molar-refractivity contribution in [2.24, 2.45) is 5.41 Å². The summed E-state index contributed by atoms with van der Waals surface area (Å²) in [6.07, 6.45) is 7.04. The van der Waals surface area contributed by atoms with Gasteiger partial charge in [0, 0.05) is 37.7 Å². The van der Waals surface area contributed by atoms with E-state index in [4.69, 9.17) is 4.74 Å². The Labute approximate surface area is 161 Å². The van der Waals surface area contributed by atoms with E-state index in [1.807, 2.05) is 30.0 Å². The molecule has 1 aromatic carbocycles. The smallest absolute Gasteiger partial charge is 0.226 e. The normalized spacial score (nSPS) is 22.2. The van der Waals surface area contributed by atoms with Gasteiger partial charge in [0.2, 0.25) is 11.8 Å². The van der Waals surface area contributed by atoms with Gasteiger partial charge in [0.15, 0.2) is 0 Å². The van der Waals surface area contributed by atoms with Crippen LogP contribution in [0.4, 0.5) is 0 Å². The third-order valence-electron chi connectivity index (χ3n) is 5.74. The van der Waals surface area contributed by atoms with Crippen molar-refractivity contribution in [3.63, 3.8) is 0 Å². The van der Waals surface area contributed by atoms with Gasteiger partial charge in [0.25, 0.3) is 0 Å². The summed E-state index contributed by atoms with van der Waals surface area (Å²) in [5.41, 5.74) is 3.17. The topological polar surface area (TPSA) is 58.6 Å². The molecule has 1 aromatic rings. The minimum atomic E-state index is -0.123. The van der Waals surface area contributed by atoms with E-state index in [1.165, 1.54) is 0 Å². The SMILES string of the molecule is COCCN1C(=O)CCC2(CNC(=O)Cc3cccc(C)c3)CCCC=C12. The van der Waals surface area contributed by atoms with Crippen LogP contribution >= 0.6 is 0 Å². The van der Waals surface area contributed by atoms with Crippen LogP contribution in [0.5, 0.6) is 0 Å². The van der Waals surface area contributed by atoms with Crippen molar-refractivity contribution in [1.29, 1.82) is 0 Å². The number of hydrogen-bond donors (Lipinski definition) is 1. The van der Waals surface area contributed by atoms with Gasteiger partial charge in [-0.2, -0.15) is 0 Å². The first-order valence-electron chi connectivity index (χ1n) is 9.86. The summed E-state index contributed by atoms with van der Waals surface area (Å²) >= 11 is 0. The lowest BCUT2D eigenvalue weighted by molar-refractivity contribution is -0.134. The van der Waals surface area contributed by atoms with Gasteiger partial charge in [-0.1, -0.05) is 35.9 Å². The van der Waals surface area contributed by atoms with Crippen molar-refractivity contribution in [2.45, 2.75) is 45.4 Å². The Balaban J connectivity index is 1.68. The lowest BCUT2D eigenvalue weighted by Gasteiger charge is -2.47. The number of rotatable bonds is 7. The third-order valence-corrected chi connectivity index (χ3v) is 5.74. The molecule has 1 aliphatic heterocycles. The number of nitrogens with zero attached hydrogens (tertiary/aromatic N) is 1. The molecule has 5 heteroatoms. The Bertz CT molecular complexity index is 728. The van der Waals surface area contributed by atoms with Crippen LogP contribution in [0.3, 0.4) is 0 Å². The summed E-state index contributed by atoms with van der Waals surface area (Å²) < 4.78 is 5.19. The molecule has 1 heterocycles. The van der Waals surface area contributed by atoms with Crippen LogP contribution in [0.1, 0.15) is 43.2 Å². The van der Waals surface area contributed by atoms with Crippen LogP contribution in [0.25, 0.3) is 0 Å². The minimum absolute atomic E-state index is 0.0419. The molecular formula is C22H30N2O3. The maximum atomic E-state index is 12.5. The average Bonchev–Trinajstić information content (AvgIpc) is 2.66. The number of fused-ring (bicyclic) bond motifs is 1. The Morgan fingerprint density at radius 2 is 2.19 bits per heavy atom. The van der Waals surface area contributed by atoms with E-state index in [2.05, 4.69) is 17.5 Å². The number of carbonyl (C=O) groups excluding carboxylic acids is 2. The number of methoxy groups -OCH3 is 1. The van der Waals surface area contributed by atoms with E-state index in [1.54, 1.807) is 7.11 Å². The van der Waals surface area contributed by atoms with Gasteiger partial charge in [0.05, 0.1) is 13.0 Å². The Kier molecular flexibility index (Phi) is 6.32. The fourth-order valence-electron chi connectivity index (χ4n) is 4.32. The lowest BCUT2D eigenvalue weighted by Crippen LogP contribution is -2.51. The van der Waals surface area contributed by atoms with Gasteiger partial charge in [-0.3, -0.25) is 9.59 Å². The standard InChI is InChI=1S/C22H30N2O3/c1-17-6-5-7-18(14-17)15-20(25)23-16-22-10-4-3-8-19(22)24(12-13-27-2)21(26)9-11-22/h5-8,14H,3-4,9-13,15-16H2,1-2H3,(H,23,25). The van der Waals surface area contributed by atoms with E-state index in [9.17, 15) is 9.59 Å². The second-order valence-corrected chi connectivity index (χ2v) is 7.74. The van der Waals surface area contributed by atoms with Gasteiger partial charge in [0.1, 0.15) is 0 Å². The summed E-state index contributed by atoms with van der Waals surface area (Å²) in [4.78, 5) is 26.9. The molecule has 1 N–H and O–H groups in total. The zero-order valence-corrected chi connectivity index (χ0v) is 16.4. The first-order valence-corrected chi connectivity index (χ1v) is 9.86. The fraction of sp³-hybridized carbons (Fsp3) is 0.545. The average molecular weight is 370 g/mol. The van der Waals surface area contributed by atoms with Crippen molar-refractivity contribution >= 4 is 11.8 Å². The second-order valence-electron chi connectivity index (χ2n) is 7.74. The number of nitrogens with one attached hydrogen (secondary N) is 1. The molecule has 1 atom stereocenters. The number of likely N-dealkylation sites (tertiary alicyclic amines) is 1. The molecule has 0 saturated carbocycles. The number of ether oxygens (including phenoxy) is 1. The molecule has 2 aliphatic rings. The van der Waals surface area contributed by atoms with Gasteiger partial charge in [-0.15, -0.1) is 0 Å². The van der Waals surface area contributed by atoms with Crippen LogP contribution in [0, 0.1) is 12.3 Å². The Morgan fingerprint density at radius 1 is 1.33 bits per heavy atom. The molecule has 0 bridgehead atoms. The highest BCUT2D eigenvalue weighted by atomic mass is 16.5. The largest absolute Gasteiger partial charge is 0.383 e. The highest BCUT2D eigenvalue weighted by Crippen LogP contribution is 2.46. The zero-order valence-electron chi connectivity index (χ0n) is 16.4. The van der Waals surface area contributed by atoms with Gasteiger partial charge >= 0.3 is 0 Å². The third kappa shape index (κ3) is 4.59. The monoisotopic (exact) mass is 370 g/mol. The van der Waals surface area contributed by atoms with Crippen molar-refractivity contribution in [2.75, 3.05) is 26.8 Å². The highest BCUT2D eigenvalue weighted by Gasteiger charge is 2.44. The molecular weight excluding hydrogens is 340 g/mol. The van der Waals surface area contributed by atoms with Crippen molar-refractivity contribution in [3.8, 4) is 0 Å². The molecule has 1 fully saturated rings. The maximum Gasteiger partial charge on any atom is 0.226 e. The van der Waals surface area contributed by atoms with E-state index in [0.29, 0.717) is 32.5 Å². The molecule has 1 unspecified atom stereocenters. The Morgan fingerprint density at radius 3 is 2.96 bits per heavy atom. The number of amides is 2. The van der Waals surface area contributed by atoms with E-state index in [-0.39, 0.29) is 17.2 Å². The summed E-state index contributed by atoms with van der Waals surface area (Å²) in [5.74, 6) is 0.210. The van der Waals surface area contributed by atoms with Crippen LogP contribution in [-0.4, -0.2) is 43.5 Å². The zero-order chi connectivity index (χ0) is 19.3. The summed E-state index contributed by atoms with van der Waals surface area (Å²) in [5, 5.41) is 3.15. The number of aryl methyl sites for hydroxylation is 1. The van der Waals surface area contributed by atoms with Crippen LogP contribution in [0.2, 0.25) is 0 Å². The van der Waals surface area contributed by atoms with Crippen molar-refractivity contribution in [3.05, 3.63) is 47.2 Å². The first-order chi connectivity index (χ1) is 13.0. The maximum absolute atomic E-state index is 12.5. The summed E-state index contributed by atoms with van der Waals surface area (Å²) in [7, 11) is 1.66. The number of allylic oxidation sites excluding steroid dienone is 1. The minimum Gasteiger partial charge on any atom is -0.383 e. The molecule has 27 heavy (non-hydrogen) atoms. The lowest BCUT2D eigenvalue weighted by atomic mass is 9.69. The van der Waals surface area contributed by atoms with Gasteiger partial charge in [-0.05, 0) is 38.2 Å². The second kappa shape index (κ2) is 8.70. The summed E-state index contributed by atoms with van der Waals surface area (Å²) in [6, 6.07) is 8.06. The van der Waals surface area contributed by atoms with Crippen LogP contribution in [-0.2, 0) is 20.7 Å². The number of piperidine rings is 1. The Hall–Kier alpha value is -2.14. The number of carbonyl (C=O) groups is 2. The van der Waals surface area contributed by atoms with E-state index >= 15 is 0 Å². The molecule has 0 spiro atoms. The molecule has 3 rings (SSSR count). The molecule has 5 nitrogen and oxygen atoms in total. The van der Waals surface area contributed by atoms with Gasteiger partial charge < -0.3 is 15.0 Å². The molecule has 146 valence electrons. The fourth-order valence-corrected chi connectivity index (χ4v) is 4.32. The summed E-state index contributed by atoms with van der Waals surface area (Å²) in [6.45, 7) is 3.74. The van der Waals surface area contributed by atoms with Gasteiger partial charge in [-0.25, -0.2) is 0 Å².